The highest BCUT2D eigenvalue weighted by molar-refractivity contribution is 5.76. The third-order valence-electron chi connectivity index (χ3n) is 7.60. The van der Waals surface area contributed by atoms with Crippen molar-refractivity contribution in [3.8, 4) is 5.75 Å². The van der Waals surface area contributed by atoms with Gasteiger partial charge in [-0.05, 0) is 24.2 Å². The van der Waals surface area contributed by atoms with E-state index >= 15 is 0 Å². The van der Waals surface area contributed by atoms with Crippen molar-refractivity contribution in [1.82, 2.24) is 4.90 Å². The number of amides is 1. The molecule has 0 N–H and O–H groups in total. The van der Waals surface area contributed by atoms with Crippen LogP contribution in [-0.4, -0.2) is 122 Å². The molecule has 2 rings (SSSR count). The second-order valence-corrected chi connectivity index (χ2v) is 12.2. The van der Waals surface area contributed by atoms with Crippen molar-refractivity contribution < 1.29 is 69.4 Å². The minimum atomic E-state index is -2.35. The smallest absolute Gasteiger partial charge is 0.313 e. The Hall–Kier alpha value is -2.47. The Morgan fingerprint density at radius 2 is 0.878 bits per heavy atom. The van der Waals surface area contributed by atoms with E-state index < -0.39 is 47.2 Å². The van der Waals surface area contributed by atoms with Crippen molar-refractivity contribution in [3.05, 3.63) is 29.1 Å². The maximum Gasteiger partial charge on any atom is 0.313 e. The molecule has 11 nitrogen and oxygen atoms in total. The molecule has 0 spiro atoms. The lowest BCUT2D eigenvalue weighted by molar-refractivity contribution is -0.136. The molecule has 0 unspecified atom stereocenters. The van der Waals surface area contributed by atoms with E-state index in [-0.39, 0.29) is 37.7 Å². The number of hydrogen-bond donors (Lipinski definition) is 0. The second-order valence-electron chi connectivity index (χ2n) is 12.2. The summed E-state index contributed by atoms with van der Waals surface area (Å²) in [5.41, 5.74) is 0.288. The molecule has 282 valence electrons. The number of carbonyl (C=O) groups is 2. The van der Waals surface area contributed by atoms with Crippen molar-refractivity contribution in [3.63, 3.8) is 0 Å². The zero-order chi connectivity index (χ0) is 36.1. The molecule has 1 aromatic carbocycles. The molecule has 49 heavy (non-hydrogen) atoms. The standard InChI is InChI=1S/C33H50F5NO10/c1-33(2,3)24-4-8-39(9-5-24)25(40)6-10-42-12-14-44-16-18-46-20-22-48-23-21-47-19-17-45-15-13-43-11-7-26(41)49-32-30(37)28(35)27(34)29(36)31(32)38/h24H,4-23H2,1-3H3. The lowest BCUT2D eigenvalue weighted by Crippen LogP contribution is -2.41. The molecule has 0 saturated carbocycles. The van der Waals surface area contributed by atoms with E-state index in [4.69, 9.17) is 33.2 Å². The Bertz CT molecular complexity index is 1090. The number of nitrogens with zero attached hydrogens (tertiary/aromatic N) is 1. The monoisotopic (exact) mass is 715 g/mol. The first-order chi connectivity index (χ1) is 23.4. The summed E-state index contributed by atoms with van der Waals surface area (Å²) in [5, 5.41) is 0. The van der Waals surface area contributed by atoms with E-state index in [0.29, 0.717) is 78.4 Å². The molecule has 0 aliphatic carbocycles. The summed E-state index contributed by atoms with van der Waals surface area (Å²) in [5.74, 6) is -13.3. The number of halogens is 5. The number of piperidine rings is 1. The van der Waals surface area contributed by atoms with Crippen LogP contribution in [0.3, 0.4) is 0 Å². The van der Waals surface area contributed by atoms with Gasteiger partial charge >= 0.3 is 5.97 Å². The van der Waals surface area contributed by atoms with Gasteiger partial charge < -0.3 is 42.8 Å². The number of esters is 1. The summed E-state index contributed by atoms with van der Waals surface area (Å²) < 4.78 is 108. The van der Waals surface area contributed by atoms with E-state index in [2.05, 4.69) is 25.5 Å². The third-order valence-corrected chi connectivity index (χ3v) is 7.60. The zero-order valence-corrected chi connectivity index (χ0v) is 28.6. The first kappa shape index (κ1) is 42.7. The van der Waals surface area contributed by atoms with Crippen LogP contribution >= 0.6 is 0 Å². The van der Waals surface area contributed by atoms with Gasteiger partial charge in [0.15, 0.2) is 0 Å². The minimum absolute atomic E-state index is 0.0808. The van der Waals surface area contributed by atoms with E-state index in [1.807, 2.05) is 4.90 Å². The minimum Gasteiger partial charge on any atom is -0.420 e. The number of likely N-dealkylation sites (tertiary alicyclic amines) is 1. The molecule has 1 aliphatic heterocycles. The van der Waals surface area contributed by atoms with E-state index in [9.17, 15) is 31.5 Å². The van der Waals surface area contributed by atoms with Crippen LogP contribution in [0.25, 0.3) is 0 Å². The summed E-state index contributed by atoms with van der Waals surface area (Å²) in [7, 11) is 0. The number of hydrogen-bond acceptors (Lipinski definition) is 10. The first-order valence-electron chi connectivity index (χ1n) is 16.5. The summed E-state index contributed by atoms with van der Waals surface area (Å²) in [6.07, 6.45) is 2.01. The largest absolute Gasteiger partial charge is 0.420 e. The first-order valence-corrected chi connectivity index (χ1v) is 16.5. The SMILES string of the molecule is CC(C)(C)C1CCN(C(=O)CCOCCOCCOCCOCCOCCOCCOCCC(=O)Oc2c(F)c(F)c(F)c(F)c2F)CC1. The van der Waals surface area contributed by atoms with Gasteiger partial charge in [-0.3, -0.25) is 9.59 Å². The molecular weight excluding hydrogens is 665 g/mol. The highest BCUT2D eigenvalue weighted by Gasteiger charge is 2.30. The van der Waals surface area contributed by atoms with Gasteiger partial charge in [-0.15, -0.1) is 0 Å². The molecule has 1 aliphatic rings. The lowest BCUT2D eigenvalue weighted by Gasteiger charge is -2.38. The summed E-state index contributed by atoms with van der Waals surface area (Å²) in [6.45, 7) is 12.7. The van der Waals surface area contributed by atoms with E-state index in [0.717, 1.165) is 25.9 Å². The van der Waals surface area contributed by atoms with E-state index in [1.165, 1.54) is 0 Å². The third kappa shape index (κ3) is 16.9. The predicted octanol–water partition coefficient (Wildman–Crippen LogP) is 4.47. The van der Waals surface area contributed by atoms with Crippen LogP contribution in [0.2, 0.25) is 0 Å². The average Bonchev–Trinajstić information content (AvgIpc) is 3.08. The maximum absolute atomic E-state index is 13.5. The molecule has 1 heterocycles. The van der Waals surface area contributed by atoms with Crippen LogP contribution < -0.4 is 4.74 Å². The number of benzene rings is 1. The molecule has 16 heteroatoms. The van der Waals surface area contributed by atoms with Crippen molar-refractivity contribution in [2.75, 3.05) is 106 Å². The Kier molecular flexibility index (Phi) is 20.8. The number of rotatable bonds is 25. The highest BCUT2D eigenvalue weighted by atomic mass is 19.2. The fourth-order valence-corrected chi connectivity index (χ4v) is 4.73. The topological polar surface area (TPSA) is 111 Å². The average molecular weight is 716 g/mol. The van der Waals surface area contributed by atoms with Crippen molar-refractivity contribution >= 4 is 11.9 Å². The van der Waals surface area contributed by atoms with Gasteiger partial charge in [0.25, 0.3) is 0 Å². The van der Waals surface area contributed by atoms with Crippen molar-refractivity contribution in [1.29, 1.82) is 0 Å². The summed E-state index contributed by atoms with van der Waals surface area (Å²) in [4.78, 5) is 26.0. The van der Waals surface area contributed by atoms with Gasteiger partial charge in [0.2, 0.25) is 40.7 Å². The fraction of sp³-hybridized carbons (Fsp3) is 0.758. The molecule has 0 aromatic heterocycles. The highest BCUT2D eigenvalue weighted by Crippen LogP contribution is 2.34. The quantitative estimate of drug-likeness (QED) is 0.0359. The Morgan fingerprint density at radius 1 is 0.551 bits per heavy atom. The Morgan fingerprint density at radius 3 is 1.24 bits per heavy atom. The van der Waals surface area contributed by atoms with E-state index in [1.54, 1.807) is 0 Å². The van der Waals surface area contributed by atoms with Gasteiger partial charge in [-0.2, -0.15) is 8.78 Å². The Balaban J connectivity index is 1.28. The van der Waals surface area contributed by atoms with Crippen molar-refractivity contribution in [2.24, 2.45) is 11.3 Å². The van der Waals surface area contributed by atoms with Gasteiger partial charge in [0.05, 0.1) is 105 Å². The van der Waals surface area contributed by atoms with Crippen LogP contribution in [0.1, 0.15) is 46.5 Å². The number of carbonyl (C=O) groups excluding carboxylic acids is 2. The second kappa shape index (κ2) is 23.8. The molecule has 1 saturated heterocycles. The van der Waals surface area contributed by atoms with Gasteiger partial charge in [0, 0.05) is 13.1 Å². The Labute approximate surface area is 284 Å². The fourth-order valence-electron chi connectivity index (χ4n) is 4.73. The van der Waals surface area contributed by atoms with Crippen LogP contribution in [0.15, 0.2) is 0 Å². The summed E-state index contributed by atoms with van der Waals surface area (Å²) in [6, 6.07) is 0. The molecule has 0 radical (unpaired) electrons. The maximum atomic E-state index is 13.5. The van der Waals surface area contributed by atoms with Crippen molar-refractivity contribution in [2.45, 2.75) is 46.5 Å². The molecule has 1 fully saturated rings. The number of ether oxygens (including phenoxy) is 8. The van der Waals surface area contributed by atoms with Crippen LogP contribution in [0, 0.1) is 40.4 Å². The molecule has 0 atom stereocenters. The summed E-state index contributed by atoms with van der Waals surface area (Å²) >= 11 is 0. The molecule has 1 amide bonds. The predicted molar refractivity (Wildman–Crippen MR) is 166 cm³/mol. The van der Waals surface area contributed by atoms with Gasteiger partial charge in [0.1, 0.15) is 0 Å². The molecule has 0 bridgehead atoms. The normalized spacial score (nSPS) is 14.1. The van der Waals surface area contributed by atoms with Crippen LogP contribution in [-0.2, 0) is 42.7 Å². The van der Waals surface area contributed by atoms with Gasteiger partial charge in [-0.1, -0.05) is 20.8 Å². The zero-order valence-electron chi connectivity index (χ0n) is 28.6. The van der Waals surface area contributed by atoms with Gasteiger partial charge in [-0.25, -0.2) is 13.2 Å². The van der Waals surface area contributed by atoms with Crippen LogP contribution in [0.5, 0.6) is 5.75 Å². The lowest BCUT2D eigenvalue weighted by atomic mass is 9.75. The van der Waals surface area contributed by atoms with Crippen LogP contribution in [0.4, 0.5) is 22.0 Å². The molecule has 1 aromatic rings. The molecular formula is C33H50F5NO10.